The van der Waals surface area contributed by atoms with Gasteiger partial charge in [-0.15, -0.1) is 0 Å². The monoisotopic (exact) mass is 287 g/mol. The van der Waals surface area contributed by atoms with Crippen LogP contribution in [0.5, 0.6) is 0 Å². The molecular weight excluding hydrogens is 262 g/mol. The van der Waals surface area contributed by atoms with Gasteiger partial charge in [0.25, 0.3) is 0 Å². The summed E-state index contributed by atoms with van der Waals surface area (Å²) in [7, 11) is 0. The molecule has 2 heterocycles. The molecule has 4 heteroatoms. The SMILES string of the molecule is Cc1ccccc1N1C(N)=NCC12CC(C)(C)OC2(C)C. The molecule has 0 aromatic heterocycles. The van der Waals surface area contributed by atoms with Crippen molar-refractivity contribution in [3.05, 3.63) is 29.8 Å². The van der Waals surface area contributed by atoms with E-state index in [1.165, 1.54) is 5.56 Å². The van der Waals surface area contributed by atoms with Gasteiger partial charge in [0.2, 0.25) is 0 Å². The van der Waals surface area contributed by atoms with E-state index >= 15 is 0 Å². The average molecular weight is 287 g/mol. The first kappa shape index (κ1) is 14.4. The van der Waals surface area contributed by atoms with Crippen molar-refractivity contribution in [3.8, 4) is 0 Å². The lowest BCUT2D eigenvalue weighted by Gasteiger charge is -2.44. The van der Waals surface area contributed by atoms with E-state index in [0.717, 1.165) is 12.1 Å². The maximum atomic E-state index is 6.34. The summed E-state index contributed by atoms with van der Waals surface area (Å²) in [6.07, 6.45) is 0.908. The highest BCUT2D eigenvalue weighted by molar-refractivity contribution is 5.99. The Hall–Kier alpha value is -1.55. The molecule has 21 heavy (non-hydrogen) atoms. The first-order valence-electron chi connectivity index (χ1n) is 7.55. The highest BCUT2D eigenvalue weighted by Gasteiger charge is 2.63. The predicted octanol–water partition coefficient (Wildman–Crippen LogP) is 2.85. The summed E-state index contributed by atoms with van der Waals surface area (Å²) in [5.74, 6) is 0.596. The van der Waals surface area contributed by atoms with Gasteiger partial charge in [-0.3, -0.25) is 4.99 Å². The zero-order valence-corrected chi connectivity index (χ0v) is 13.6. The lowest BCUT2D eigenvalue weighted by atomic mass is 9.77. The van der Waals surface area contributed by atoms with Crippen LogP contribution in [0.1, 0.15) is 39.7 Å². The second-order valence-electron chi connectivity index (χ2n) is 7.38. The van der Waals surface area contributed by atoms with E-state index in [9.17, 15) is 0 Å². The van der Waals surface area contributed by atoms with Crippen LogP contribution in [0.3, 0.4) is 0 Å². The predicted molar refractivity (Wildman–Crippen MR) is 86.7 cm³/mol. The maximum Gasteiger partial charge on any atom is 0.196 e. The zero-order chi connectivity index (χ0) is 15.5. The molecule has 3 rings (SSSR count). The molecule has 1 aromatic rings. The summed E-state index contributed by atoms with van der Waals surface area (Å²) in [4.78, 5) is 6.78. The van der Waals surface area contributed by atoms with Gasteiger partial charge in [0, 0.05) is 12.1 Å². The van der Waals surface area contributed by atoms with E-state index in [0.29, 0.717) is 12.5 Å². The van der Waals surface area contributed by atoms with Crippen LogP contribution in [0.15, 0.2) is 29.3 Å². The van der Waals surface area contributed by atoms with Crippen LogP contribution in [-0.4, -0.2) is 29.2 Å². The zero-order valence-electron chi connectivity index (χ0n) is 13.6. The summed E-state index contributed by atoms with van der Waals surface area (Å²) in [6.45, 7) is 11.4. The van der Waals surface area contributed by atoms with E-state index in [4.69, 9.17) is 10.5 Å². The van der Waals surface area contributed by atoms with Crippen molar-refractivity contribution in [2.24, 2.45) is 10.7 Å². The number of guanidine groups is 1. The number of rotatable bonds is 1. The summed E-state index contributed by atoms with van der Waals surface area (Å²) < 4.78 is 6.34. The molecular formula is C17H25N3O. The van der Waals surface area contributed by atoms with Crippen molar-refractivity contribution in [1.82, 2.24) is 0 Å². The van der Waals surface area contributed by atoms with Crippen LogP contribution in [0.25, 0.3) is 0 Å². The Kier molecular flexibility index (Phi) is 2.90. The number of para-hydroxylation sites is 1. The number of nitrogens with two attached hydrogens (primary N) is 1. The number of ether oxygens (including phenoxy) is 1. The topological polar surface area (TPSA) is 50.8 Å². The summed E-state index contributed by atoms with van der Waals surface area (Å²) in [5.41, 5.74) is 7.89. The fourth-order valence-electron chi connectivity index (χ4n) is 4.07. The van der Waals surface area contributed by atoms with Gasteiger partial charge in [0.1, 0.15) is 0 Å². The third-order valence-electron chi connectivity index (χ3n) is 4.89. The van der Waals surface area contributed by atoms with Crippen LogP contribution >= 0.6 is 0 Å². The molecule has 1 unspecified atom stereocenters. The van der Waals surface area contributed by atoms with Crippen LogP contribution < -0.4 is 10.6 Å². The molecule has 1 fully saturated rings. The summed E-state index contributed by atoms with van der Waals surface area (Å²) in [5, 5.41) is 0. The van der Waals surface area contributed by atoms with Crippen molar-refractivity contribution in [2.45, 2.75) is 57.8 Å². The first-order valence-corrected chi connectivity index (χ1v) is 7.55. The van der Waals surface area contributed by atoms with Crippen molar-refractivity contribution in [3.63, 3.8) is 0 Å². The Morgan fingerprint density at radius 1 is 1.19 bits per heavy atom. The van der Waals surface area contributed by atoms with Crippen LogP contribution in [0.4, 0.5) is 5.69 Å². The lowest BCUT2D eigenvalue weighted by Crippen LogP contribution is -2.61. The highest BCUT2D eigenvalue weighted by Crippen LogP contribution is 2.51. The third kappa shape index (κ3) is 1.96. The number of aryl methyl sites for hydroxylation is 1. The second kappa shape index (κ2) is 4.23. The Balaban J connectivity index is 2.14. The van der Waals surface area contributed by atoms with Gasteiger partial charge in [-0.25, -0.2) is 0 Å². The van der Waals surface area contributed by atoms with E-state index < -0.39 is 0 Å². The highest BCUT2D eigenvalue weighted by atomic mass is 16.5. The molecule has 0 amide bonds. The number of hydrogen-bond acceptors (Lipinski definition) is 4. The molecule has 114 valence electrons. The second-order valence-corrected chi connectivity index (χ2v) is 7.38. The van der Waals surface area contributed by atoms with Crippen molar-refractivity contribution < 1.29 is 4.74 Å². The number of nitrogens with zero attached hydrogens (tertiary/aromatic N) is 2. The summed E-state index contributed by atoms with van der Waals surface area (Å²) in [6, 6.07) is 8.33. The van der Waals surface area contributed by atoms with Gasteiger partial charge in [-0.2, -0.15) is 0 Å². The fourth-order valence-corrected chi connectivity index (χ4v) is 4.07. The molecule has 4 nitrogen and oxygen atoms in total. The molecule has 1 spiro atoms. The van der Waals surface area contributed by atoms with Crippen molar-refractivity contribution >= 4 is 11.6 Å². The van der Waals surface area contributed by atoms with Gasteiger partial charge in [-0.1, -0.05) is 18.2 Å². The Labute approximate surface area is 127 Å². The smallest absolute Gasteiger partial charge is 0.196 e. The molecule has 1 aromatic carbocycles. The van der Waals surface area contributed by atoms with E-state index in [1.54, 1.807) is 0 Å². The lowest BCUT2D eigenvalue weighted by molar-refractivity contribution is -0.0764. The van der Waals surface area contributed by atoms with Gasteiger partial charge >= 0.3 is 0 Å². The molecule has 0 radical (unpaired) electrons. The first-order chi connectivity index (χ1) is 9.69. The maximum absolute atomic E-state index is 6.34. The average Bonchev–Trinajstić information content (AvgIpc) is 2.76. The molecule has 2 N–H and O–H groups in total. The standard InChI is InChI=1S/C17H25N3O/c1-12-8-6-7-9-13(12)20-14(18)19-11-17(20)10-15(2,3)21-16(17,4)5/h6-9H,10-11H2,1-5H3,(H2,18,19). The van der Waals surface area contributed by atoms with E-state index in [2.05, 4.69) is 68.8 Å². The van der Waals surface area contributed by atoms with E-state index in [1.807, 2.05) is 0 Å². The quantitative estimate of drug-likeness (QED) is 0.864. The van der Waals surface area contributed by atoms with Gasteiger partial charge in [-0.05, 0) is 46.2 Å². The molecule has 1 saturated heterocycles. The van der Waals surface area contributed by atoms with Gasteiger partial charge in [0.15, 0.2) is 5.96 Å². The Bertz CT molecular complexity index is 606. The van der Waals surface area contributed by atoms with Gasteiger partial charge < -0.3 is 15.4 Å². The molecule has 0 saturated carbocycles. The Morgan fingerprint density at radius 2 is 1.86 bits per heavy atom. The minimum atomic E-state index is -0.316. The van der Waals surface area contributed by atoms with Crippen LogP contribution in [0.2, 0.25) is 0 Å². The molecule has 1 atom stereocenters. The molecule has 2 aliphatic rings. The number of benzene rings is 1. The normalized spacial score (nSPS) is 30.0. The number of anilines is 1. The van der Waals surface area contributed by atoms with Crippen molar-refractivity contribution in [2.75, 3.05) is 11.4 Å². The van der Waals surface area contributed by atoms with Crippen LogP contribution in [-0.2, 0) is 4.74 Å². The molecule has 0 bridgehead atoms. The number of hydrogen-bond donors (Lipinski definition) is 1. The van der Waals surface area contributed by atoms with Crippen molar-refractivity contribution in [1.29, 1.82) is 0 Å². The number of aliphatic imine (C=N–C) groups is 1. The van der Waals surface area contributed by atoms with Crippen LogP contribution in [0, 0.1) is 6.92 Å². The Morgan fingerprint density at radius 3 is 2.43 bits per heavy atom. The minimum absolute atomic E-state index is 0.176. The largest absolute Gasteiger partial charge is 0.369 e. The molecule has 0 aliphatic carbocycles. The summed E-state index contributed by atoms with van der Waals surface area (Å²) >= 11 is 0. The molecule has 2 aliphatic heterocycles. The minimum Gasteiger partial charge on any atom is -0.369 e. The fraction of sp³-hybridized carbons (Fsp3) is 0.588. The third-order valence-corrected chi connectivity index (χ3v) is 4.89. The van der Waals surface area contributed by atoms with Gasteiger partial charge in [0.05, 0.1) is 23.3 Å². The van der Waals surface area contributed by atoms with E-state index in [-0.39, 0.29) is 16.7 Å².